The SMILES string of the molecule is CSCC(=O)Nc1cccc(CN2CCCC2)c1. The quantitative estimate of drug-likeness (QED) is 0.887. The molecule has 18 heavy (non-hydrogen) atoms. The van der Waals surface area contributed by atoms with Crippen molar-refractivity contribution in [1.82, 2.24) is 4.90 Å². The number of hydrogen-bond acceptors (Lipinski definition) is 3. The molecule has 2 rings (SSSR count). The van der Waals surface area contributed by atoms with E-state index in [0.29, 0.717) is 5.75 Å². The van der Waals surface area contributed by atoms with E-state index in [1.54, 1.807) is 0 Å². The summed E-state index contributed by atoms with van der Waals surface area (Å²) < 4.78 is 0. The standard InChI is InChI=1S/C14H20N2OS/c1-18-11-14(17)15-13-6-4-5-12(9-13)10-16-7-2-3-8-16/h4-6,9H,2-3,7-8,10-11H2,1H3,(H,15,17). The average molecular weight is 264 g/mol. The van der Waals surface area contributed by atoms with Crippen LogP contribution in [0.5, 0.6) is 0 Å². The lowest BCUT2D eigenvalue weighted by atomic mass is 10.2. The Bertz CT molecular complexity index is 403. The highest BCUT2D eigenvalue weighted by atomic mass is 32.2. The summed E-state index contributed by atoms with van der Waals surface area (Å²) in [6, 6.07) is 8.17. The summed E-state index contributed by atoms with van der Waals surface area (Å²) in [4.78, 5) is 14.0. The van der Waals surface area contributed by atoms with Gasteiger partial charge in [0, 0.05) is 12.2 Å². The minimum Gasteiger partial charge on any atom is -0.325 e. The summed E-state index contributed by atoms with van der Waals surface area (Å²) in [5.41, 5.74) is 2.18. The first-order valence-electron chi connectivity index (χ1n) is 6.38. The second kappa shape index (κ2) is 6.81. The van der Waals surface area contributed by atoms with Crippen molar-refractivity contribution in [2.45, 2.75) is 19.4 Å². The van der Waals surface area contributed by atoms with Gasteiger partial charge in [0.05, 0.1) is 5.75 Å². The largest absolute Gasteiger partial charge is 0.325 e. The summed E-state index contributed by atoms with van der Waals surface area (Å²) >= 11 is 1.54. The van der Waals surface area contributed by atoms with Crippen LogP contribution in [0.25, 0.3) is 0 Å². The Morgan fingerprint density at radius 2 is 2.17 bits per heavy atom. The zero-order valence-corrected chi connectivity index (χ0v) is 11.6. The van der Waals surface area contributed by atoms with Crippen LogP contribution in [-0.4, -0.2) is 35.9 Å². The number of hydrogen-bond donors (Lipinski definition) is 1. The number of thioether (sulfide) groups is 1. The molecule has 0 aliphatic carbocycles. The van der Waals surface area contributed by atoms with E-state index in [-0.39, 0.29) is 5.91 Å². The number of likely N-dealkylation sites (tertiary alicyclic amines) is 1. The number of carbonyl (C=O) groups excluding carboxylic acids is 1. The highest BCUT2D eigenvalue weighted by Crippen LogP contribution is 2.16. The lowest BCUT2D eigenvalue weighted by Gasteiger charge is -2.15. The van der Waals surface area contributed by atoms with E-state index in [1.807, 2.05) is 18.4 Å². The molecule has 1 aromatic carbocycles. The van der Waals surface area contributed by atoms with Gasteiger partial charge in [0.15, 0.2) is 0 Å². The molecule has 1 aliphatic heterocycles. The molecule has 0 radical (unpaired) electrons. The molecular weight excluding hydrogens is 244 g/mol. The Balaban J connectivity index is 1.93. The van der Waals surface area contributed by atoms with Crippen molar-refractivity contribution in [2.24, 2.45) is 0 Å². The molecule has 4 heteroatoms. The molecule has 0 atom stereocenters. The summed E-state index contributed by atoms with van der Waals surface area (Å²) in [5, 5.41) is 2.93. The van der Waals surface area contributed by atoms with Crippen LogP contribution < -0.4 is 5.32 Å². The maximum Gasteiger partial charge on any atom is 0.234 e. The van der Waals surface area contributed by atoms with Crippen molar-refractivity contribution in [3.63, 3.8) is 0 Å². The van der Waals surface area contributed by atoms with Crippen molar-refractivity contribution in [3.05, 3.63) is 29.8 Å². The molecule has 1 aliphatic rings. The summed E-state index contributed by atoms with van der Waals surface area (Å²) in [6.45, 7) is 3.39. The Morgan fingerprint density at radius 3 is 2.89 bits per heavy atom. The lowest BCUT2D eigenvalue weighted by Crippen LogP contribution is -2.18. The summed E-state index contributed by atoms with van der Waals surface area (Å²) in [6.07, 6.45) is 4.55. The van der Waals surface area contributed by atoms with E-state index in [2.05, 4.69) is 22.3 Å². The second-order valence-electron chi connectivity index (χ2n) is 4.66. The number of nitrogens with one attached hydrogen (secondary N) is 1. The molecule has 0 aromatic heterocycles. The van der Waals surface area contributed by atoms with Gasteiger partial charge in [-0.05, 0) is 49.9 Å². The smallest absolute Gasteiger partial charge is 0.234 e. The van der Waals surface area contributed by atoms with Crippen LogP contribution in [0.4, 0.5) is 5.69 Å². The third kappa shape index (κ3) is 4.03. The summed E-state index contributed by atoms with van der Waals surface area (Å²) in [7, 11) is 0. The van der Waals surface area contributed by atoms with Gasteiger partial charge in [-0.2, -0.15) is 11.8 Å². The van der Waals surface area contributed by atoms with Crippen molar-refractivity contribution < 1.29 is 4.79 Å². The highest BCUT2D eigenvalue weighted by molar-refractivity contribution is 7.99. The van der Waals surface area contributed by atoms with Gasteiger partial charge in [-0.1, -0.05) is 12.1 Å². The average Bonchev–Trinajstić information content (AvgIpc) is 2.82. The molecule has 0 spiro atoms. The highest BCUT2D eigenvalue weighted by Gasteiger charge is 2.11. The van der Waals surface area contributed by atoms with Gasteiger partial charge in [-0.25, -0.2) is 0 Å². The van der Waals surface area contributed by atoms with Crippen molar-refractivity contribution in [3.8, 4) is 0 Å². The van der Waals surface area contributed by atoms with E-state index in [0.717, 1.165) is 12.2 Å². The second-order valence-corrected chi connectivity index (χ2v) is 5.53. The molecule has 1 N–H and O–H groups in total. The Hall–Kier alpha value is -1.00. The Labute approximate surface area is 113 Å². The maximum absolute atomic E-state index is 11.5. The van der Waals surface area contributed by atoms with Crippen LogP contribution in [-0.2, 0) is 11.3 Å². The van der Waals surface area contributed by atoms with Gasteiger partial charge in [0.2, 0.25) is 5.91 Å². The van der Waals surface area contributed by atoms with Crippen LogP contribution >= 0.6 is 11.8 Å². The third-order valence-electron chi connectivity index (χ3n) is 3.09. The van der Waals surface area contributed by atoms with E-state index >= 15 is 0 Å². The Morgan fingerprint density at radius 1 is 1.39 bits per heavy atom. The number of rotatable bonds is 5. The predicted octanol–water partition coefficient (Wildman–Crippen LogP) is 2.58. The van der Waals surface area contributed by atoms with Gasteiger partial charge in [0.1, 0.15) is 0 Å². The third-order valence-corrected chi connectivity index (χ3v) is 3.64. The minimum atomic E-state index is 0.0702. The summed E-state index contributed by atoms with van der Waals surface area (Å²) in [5.74, 6) is 0.580. The fourth-order valence-corrected chi connectivity index (χ4v) is 2.61. The zero-order valence-electron chi connectivity index (χ0n) is 10.8. The molecule has 1 fully saturated rings. The first-order valence-corrected chi connectivity index (χ1v) is 7.77. The molecule has 1 heterocycles. The normalized spacial score (nSPS) is 15.8. The van der Waals surface area contributed by atoms with Crippen molar-refractivity contribution in [1.29, 1.82) is 0 Å². The fourth-order valence-electron chi connectivity index (χ4n) is 2.27. The van der Waals surface area contributed by atoms with Crippen molar-refractivity contribution >= 4 is 23.4 Å². The monoisotopic (exact) mass is 264 g/mol. The molecule has 0 bridgehead atoms. The molecule has 3 nitrogen and oxygen atoms in total. The number of benzene rings is 1. The van der Waals surface area contributed by atoms with Crippen molar-refractivity contribution in [2.75, 3.05) is 30.4 Å². The topological polar surface area (TPSA) is 32.3 Å². The van der Waals surface area contributed by atoms with Gasteiger partial charge < -0.3 is 5.32 Å². The molecule has 1 aromatic rings. The maximum atomic E-state index is 11.5. The van der Waals surface area contributed by atoms with E-state index in [1.165, 1.54) is 43.3 Å². The van der Waals surface area contributed by atoms with Crippen LogP contribution in [0.3, 0.4) is 0 Å². The first kappa shape index (κ1) is 13.4. The number of amides is 1. The molecular formula is C14H20N2OS. The van der Waals surface area contributed by atoms with E-state index < -0.39 is 0 Å². The van der Waals surface area contributed by atoms with Gasteiger partial charge in [-0.15, -0.1) is 0 Å². The van der Waals surface area contributed by atoms with Gasteiger partial charge in [-0.3, -0.25) is 9.69 Å². The lowest BCUT2D eigenvalue weighted by molar-refractivity contribution is -0.113. The predicted molar refractivity (Wildman–Crippen MR) is 78.0 cm³/mol. The molecule has 1 saturated heterocycles. The minimum absolute atomic E-state index is 0.0702. The number of nitrogens with zero attached hydrogens (tertiary/aromatic N) is 1. The van der Waals surface area contributed by atoms with Gasteiger partial charge >= 0.3 is 0 Å². The van der Waals surface area contributed by atoms with Crippen LogP contribution in [0.2, 0.25) is 0 Å². The van der Waals surface area contributed by atoms with Gasteiger partial charge in [0.25, 0.3) is 0 Å². The molecule has 0 saturated carbocycles. The molecule has 98 valence electrons. The molecule has 0 unspecified atom stereocenters. The Kier molecular flexibility index (Phi) is 5.08. The van der Waals surface area contributed by atoms with Crippen LogP contribution in [0.15, 0.2) is 24.3 Å². The van der Waals surface area contributed by atoms with E-state index in [4.69, 9.17) is 0 Å². The molecule has 1 amide bonds. The number of carbonyl (C=O) groups is 1. The van der Waals surface area contributed by atoms with Crippen LogP contribution in [0.1, 0.15) is 18.4 Å². The van der Waals surface area contributed by atoms with Crippen LogP contribution in [0, 0.1) is 0 Å². The fraction of sp³-hybridized carbons (Fsp3) is 0.500. The zero-order chi connectivity index (χ0) is 12.8. The number of anilines is 1. The van der Waals surface area contributed by atoms with E-state index in [9.17, 15) is 4.79 Å². The first-order chi connectivity index (χ1) is 8.78.